The first-order valence-electron chi connectivity index (χ1n) is 5.74. The summed E-state index contributed by atoms with van der Waals surface area (Å²) in [5.74, 6) is 0.605. The van der Waals surface area contributed by atoms with Crippen LogP contribution in [-0.4, -0.2) is 11.2 Å². The maximum atomic E-state index is 9.56. The van der Waals surface area contributed by atoms with Crippen molar-refractivity contribution in [3.63, 3.8) is 0 Å². The van der Waals surface area contributed by atoms with Crippen LogP contribution in [0.5, 0.6) is 0 Å². The van der Waals surface area contributed by atoms with E-state index in [4.69, 9.17) is 16.9 Å². The zero-order valence-electron chi connectivity index (χ0n) is 10.4. The van der Waals surface area contributed by atoms with E-state index in [-0.39, 0.29) is 0 Å². The van der Waals surface area contributed by atoms with E-state index in [1.807, 2.05) is 24.3 Å². The van der Waals surface area contributed by atoms with Gasteiger partial charge < -0.3 is 5.11 Å². The fourth-order valence-electron chi connectivity index (χ4n) is 1.72. The van der Waals surface area contributed by atoms with Crippen LogP contribution in [0.4, 0.5) is 0 Å². The van der Waals surface area contributed by atoms with Crippen molar-refractivity contribution < 1.29 is 5.11 Å². The summed E-state index contributed by atoms with van der Waals surface area (Å²) in [6.07, 6.45) is -0.194. The first-order chi connectivity index (χ1) is 7.87. The monoisotopic (exact) mass is 251 g/mol. The smallest absolute Gasteiger partial charge is 0.163 e. The molecule has 0 aliphatic rings. The van der Waals surface area contributed by atoms with Gasteiger partial charge in [0.2, 0.25) is 0 Å². The number of halogens is 1. The van der Waals surface area contributed by atoms with Crippen LogP contribution >= 0.6 is 11.6 Å². The maximum Gasteiger partial charge on any atom is 0.163 e. The van der Waals surface area contributed by atoms with Crippen molar-refractivity contribution in [1.29, 1.82) is 5.26 Å². The summed E-state index contributed by atoms with van der Waals surface area (Å²) in [6, 6.07) is 9.53. The van der Waals surface area contributed by atoms with Gasteiger partial charge in [0.1, 0.15) is 4.87 Å². The molecule has 0 heterocycles. The first-order valence-corrected chi connectivity index (χ1v) is 6.11. The lowest BCUT2D eigenvalue weighted by Gasteiger charge is -2.24. The molecule has 0 saturated heterocycles. The molecule has 1 aromatic rings. The van der Waals surface area contributed by atoms with Crippen molar-refractivity contribution >= 4 is 11.6 Å². The molecule has 2 unspecified atom stereocenters. The number of benzene rings is 1. The number of nitrogens with zero attached hydrogens (tertiary/aromatic N) is 1. The molecule has 0 fully saturated rings. The molecule has 0 bridgehead atoms. The lowest BCUT2D eigenvalue weighted by molar-refractivity contribution is 0.185. The zero-order valence-corrected chi connectivity index (χ0v) is 11.2. The Kier molecular flexibility index (Phi) is 4.56. The fourth-order valence-corrected chi connectivity index (χ4v) is 1.89. The van der Waals surface area contributed by atoms with Crippen LogP contribution in [0.2, 0.25) is 0 Å². The summed E-state index contributed by atoms with van der Waals surface area (Å²) in [5.41, 5.74) is 2.00. The van der Waals surface area contributed by atoms with E-state index in [0.717, 1.165) is 12.0 Å². The van der Waals surface area contributed by atoms with Gasteiger partial charge in [-0.15, -0.1) is 11.6 Å². The number of aliphatic hydroxyl groups excluding tert-OH is 1. The second-order valence-electron chi connectivity index (χ2n) is 4.90. The third kappa shape index (κ3) is 3.46. The standard InChI is InChI=1S/C14H18ClNO/c1-10(2)8-11-4-6-12(7-5-11)14(3,15)13(17)9-16/h4-7,10,13,17H,8H2,1-3H3. The third-order valence-corrected chi connectivity index (χ3v) is 3.22. The number of alkyl halides is 1. The molecule has 17 heavy (non-hydrogen) atoms. The molecule has 0 aliphatic heterocycles. The van der Waals surface area contributed by atoms with E-state index in [2.05, 4.69) is 13.8 Å². The molecule has 1 rings (SSSR count). The summed E-state index contributed by atoms with van der Waals surface area (Å²) in [5, 5.41) is 18.3. The number of hydrogen-bond donors (Lipinski definition) is 1. The summed E-state index contributed by atoms with van der Waals surface area (Å²) in [6.45, 7) is 5.98. The average Bonchev–Trinajstić information content (AvgIpc) is 2.27. The molecule has 0 aromatic heterocycles. The molecule has 2 atom stereocenters. The molecular formula is C14H18ClNO. The molecule has 3 heteroatoms. The summed E-state index contributed by atoms with van der Waals surface area (Å²) < 4.78 is 0. The number of nitriles is 1. The van der Waals surface area contributed by atoms with Crippen LogP contribution in [0, 0.1) is 17.2 Å². The topological polar surface area (TPSA) is 44.0 Å². The van der Waals surface area contributed by atoms with Crippen molar-refractivity contribution in [3.8, 4) is 6.07 Å². The molecule has 0 aliphatic carbocycles. The minimum Gasteiger partial charge on any atom is -0.376 e. The highest BCUT2D eigenvalue weighted by Crippen LogP contribution is 2.32. The van der Waals surface area contributed by atoms with Crippen LogP contribution in [-0.2, 0) is 11.3 Å². The van der Waals surface area contributed by atoms with Gasteiger partial charge in [-0.25, -0.2) is 0 Å². The zero-order chi connectivity index (χ0) is 13.1. The summed E-state index contributed by atoms with van der Waals surface area (Å²) in [4.78, 5) is -1.05. The van der Waals surface area contributed by atoms with Gasteiger partial charge in [-0.05, 0) is 30.4 Å². The Morgan fingerprint density at radius 3 is 2.29 bits per heavy atom. The highest BCUT2D eigenvalue weighted by Gasteiger charge is 2.32. The Morgan fingerprint density at radius 1 is 1.35 bits per heavy atom. The second kappa shape index (κ2) is 5.53. The van der Waals surface area contributed by atoms with E-state index in [1.165, 1.54) is 5.56 Å². The maximum absolute atomic E-state index is 9.56. The van der Waals surface area contributed by atoms with Crippen molar-refractivity contribution in [1.82, 2.24) is 0 Å². The molecule has 1 aromatic carbocycles. The van der Waals surface area contributed by atoms with Gasteiger partial charge in [-0.1, -0.05) is 38.1 Å². The predicted molar refractivity (Wildman–Crippen MR) is 69.8 cm³/mol. The van der Waals surface area contributed by atoms with Crippen molar-refractivity contribution in [2.45, 2.75) is 38.2 Å². The Morgan fingerprint density at radius 2 is 1.88 bits per heavy atom. The van der Waals surface area contributed by atoms with Crippen LogP contribution in [0.15, 0.2) is 24.3 Å². The van der Waals surface area contributed by atoms with Gasteiger partial charge in [0.05, 0.1) is 6.07 Å². The number of rotatable bonds is 4. The first kappa shape index (κ1) is 14.0. The van der Waals surface area contributed by atoms with E-state index in [0.29, 0.717) is 5.92 Å². The highest BCUT2D eigenvalue weighted by molar-refractivity contribution is 6.24. The molecular weight excluding hydrogens is 234 g/mol. The van der Waals surface area contributed by atoms with Gasteiger partial charge in [-0.2, -0.15) is 5.26 Å². The quantitative estimate of drug-likeness (QED) is 0.660. The average molecular weight is 252 g/mol. The Labute approximate surface area is 108 Å². The largest absolute Gasteiger partial charge is 0.376 e. The highest BCUT2D eigenvalue weighted by atomic mass is 35.5. The minimum absolute atomic E-state index is 0.605. The molecule has 92 valence electrons. The lowest BCUT2D eigenvalue weighted by Crippen LogP contribution is -2.29. The molecule has 1 N–H and O–H groups in total. The molecule has 0 amide bonds. The van der Waals surface area contributed by atoms with Gasteiger partial charge >= 0.3 is 0 Å². The van der Waals surface area contributed by atoms with Crippen LogP contribution in [0.3, 0.4) is 0 Å². The third-order valence-electron chi connectivity index (χ3n) is 2.80. The molecule has 0 spiro atoms. The number of hydrogen-bond acceptors (Lipinski definition) is 2. The van der Waals surface area contributed by atoms with E-state index < -0.39 is 11.0 Å². The Bertz CT molecular complexity index is 403. The molecule has 0 radical (unpaired) electrons. The lowest BCUT2D eigenvalue weighted by atomic mass is 9.93. The summed E-state index contributed by atoms with van der Waals surface area (Å²) in [7, 11) is 0. The van der Waals surface area contributed by atoms with E-state index in [1.54, 1.807) is 13.0 Å². The van der Waals surface area contributed by atoms with Crippen molar-refractivity contribution in [2.24, 2.45) is 5.92 Å². The van der Waals surface area contributed by atoms with Crippen LogP contribution < -0.4 is 0 Å². The minimum atomic E-state index is -1.21. The molecule has 2 nitrogen and oxygen atoms in total. The molecule has 0 saturated carbocycles. The van der Waals surface area contributed by atoms with Crippen LogP contribution in [0.25, 0.3) is 0 Å². The van der Waals surface area contributed by atoms with E-state index >= 15 is 0 Å². The van der Waals surface area contributed by atoms with Crippen molar-refractivity contribution in [3.05, 3.63) is 35.4 Å². The second-order valence-corrected chi connectivity index (χ2v) is 5.69. The van der Waals surface area contributed by atoms with Gasteiger partial charge in [-0.3, -0.25) is 0 Å². The van der Waals surface area contributed by atoms with Gasteiger partial charge in [0, 0.05) is 0 Å². The predicted octanol–water partition coefficient (Wildman–Crippen LogP) is 3.22. The Hall–Kier alpha value is -1.04. The SMILES string of the molecule is CC(C)Cc1ccc(C(C)(Cl)C(O)C#N)cc1. The summed E-state index contributed by atoms with van der Waals surface area (Å²) >= 11 is 6.20. The van der Waals surface area contributed by atoms with Crippen molar-refractivity contribution in [2.75, 3.05) is 0 Å². The van der Waals surface area contributed by atoms with Crippen LogP contribution in [0.1, 0.15) is 31.9 Å². The van der Waals surface area contributed by atoms with E-state index in [9.17, 15) is 5.11 Å². The van der Waals surface area contributed by atoms with Gasteiger partial charge in [0.15, 0.2) is 6.10 Å². The van der Waals surface area contributed by atoms with Gasteiger partial charge in [0.25, 0.3) is 0 Å². The Balaban J connectivity index is 2.91. The fraction of sp³-hybridized carbons (Fsp3) is 0.500. The number of aliphatic hydroxyl groups is 1. The normalized spacial score (nSPS) is 16.3.